The first-order chi connectivity index (χ1) is 5.34. The number of halogens is 1. The molecule has 0 aromatic rings. The third-order valence-corrected chi connectivity index (χ3v) is 2.17. The van der Waals surface area contributed by atoms with Gasteiger partial charge in [0.05, 0.1) is 5.92 Å². The van der Waals surface area contributed by atoms with Crippen molar-refractivity contribution in [3.8, 4) is 9.85 Å². The van der Waals surface area contributed by atoms with Crippen LogP contribution in [-0.2, 0) is 9.53 Å². The highest BCUT2D eigenvalue weighted by Crippen LogP contribution is 2.27. The van der Waals surface area contributed by atoms with Gasteiger partial charge in [-0.1, -0.05) is 12.3 Å². The first kappa shape index (κ1) is 8.85. The molecule has 0 aliphatic heterocycles. The lowest BCUT2D eigenvalue weighted by atomic mass is 9.86. The minimum atomic E-state index is -0.0737. The molecule has 0 saturated heterocycles. The van der Waals surface area contributed by atoms with E-state index in [1.54, 1.807) is 0 Å². The maximum absolute atomic E-state index is 11.0. The van der Waals surface area contributed by atoms with Crippen molar-refractivity contribution in [2.45, 2.75) is 19.3 Å². The number of rotatable bonds is 2. The van der Waals surface area contributed by atoms with E-state index >= 15 is 0 Å². The summed E-state index contributed by atoms with van der Waals surface area (Å²) in [6.07, 6.45) is 3.16. The summed E-state index contributed by atoms with van der Waals surface area (Å²) in [6, 6.07) is 0. The van der Waals surface area contributed by atoms with Crippen molar-refractivity contribution in [3.05, 3.63) is 0 Å². The molecule has 2 nitrogen and oxygen atoms in total. The molecule has 0 spiro atoms. The Kier molecular flexibility index (Phi) is 3.70. The SMILES string of the molecule is O=C(OCC#CI)C1CCC1. The topological polar surface area (TPSA) is 26.3 Å². The van der Waals surface area contributed by atoms with Gasteiger partial charge in [0.15, 0.2) is 6.61 Å². The molecule has 1 rings (SSSR count). The lowest BCUT2D eigenvalue weighted by molar-refractivity contribution is -0.149. The number of hydrogen-bond acceptors (Lipinski definition) is 2. The highest BCUT2D eigenvalue weighted by molar-refractivity contribution is 14.1. The van der Waals surface area contributed by atoms with Gasteiger partial charge in [-0.3, -0.25) is 4.79 Å². The standard InChI is InChI=1S/C8H9IO2/c9-5-2-6-11-8(10)7-3-1-4-7/h7H,1,3-4,6H2. The Bertz CT molecular complexity index is 198. The molecule has 0 amide bonds. The molecule has 0 radical (unpaired) electrons. The third-order valence-electron chi connectivity index (χ3n) is 1.79. The van der Waals surface area contributed by atoms with E-state index in [0.717, 1.165) is 19.3 Å². The van der Waals surface area contributed by atoms with Crippen molar-refractivity contribution in [3.63, 3.8) is 0 Å². The summed E-state index contributed by atoms with van der Waals surface area (Å²) in [6.45, 7) is 0.248. The van der Waals surface area contributed by atoms with Crippen LogP contribution in [0.25, 0.3) is 0 Å². The smallest absolute Gasteiger partial charge is 0.309 e. The van der Waals surface area contributed by atoms with Crippen LogP contribution < -0.4 is 0 Å². The van der Waals surface area contributed by atoms with Gasteiger partial charge in [-0.25, -0.2) is 0 Å². The molecule has 1 aliphatic rings. The molecule has 0 aromatic carbocycles. The van der Waals surface area contributed by atoms with Crippen molar-refractivity contribution in [2.75, 3.05) is 6.61 Å². The number of carbonyl (C=O) groups excluding carboxylic acids is 1. The second-order valence-corrected chi connectivity index (χ2v) is 3.05. The molecule has 0 aromatic heterocycles. The maximum Gasteiger partial charge on any atom is 0.309 e. The summed E-state index contributed by atoms with van der Waals surface area (Å²) >= 11 is 1.92. The summed E-state index contributed by atoms with van der Waals surface area (Å²) in [5.41, 5.74) is 0. The monoisotopic (exact) mass is 264 g/mol. The average molecular weight is 264 g/mol. The summed E-state index contributed by atoms with van der Waals surface area (Å²) in [5.74, 6) is 2.77. The maximum atomic E-state index is 11.0. The van der Waals surface area contributed by atoms with Gasteiger partial charge in [-0.05, 0) is 16.8 Å². The number of carbonyl (C=O) groups is 1. The van der Waals surface area contributed by atoms with E-state index in [2.05, 4.69) is 9.85 Å². The van der Waals surface area contributed by atoms with Crippen LogP contribution in [0.2, 0.25) is 0 Å². The molecule has 0 heterocycles. The molecule has 60 valence electrons. The second-order valence-electron chi connectivity index (χ2n) is 2.51. The van der Waals surface area contributed by atoms with Crippen LogP contribution in [0, 0.1) is 15.8 Å². The minimum absolute atomic E-state index is 0.0737. The zero-order valence-electron chi connectivity index (χ0n) is 6.10. The predicted octanol–water partition coefficient (Wildman–Crippen LogP) is 1.73. The van der Waals surface area contributed by atoms with Crippen molar-refractivity contribution >= 4 is 28.6 Å². The van der Waals surface area contributed by atoms with Crippen molar-refractivity contribution in [1.82, 2.24) is 0 Å². The zero-order chi connectivity index (χ0) is 8.10. The Morgan fingerprint density at radius 1 is 1.64 bits per heavy atom. The molecule has 3 heteroatoms. The highest BCUT2D eigenvalue weighted by Gasteiger charge is 2.26. The van der Waals surface area contributed by atoms with Crippen LogP contribution >= 0.6 is 22.6 Å². The third kappa shape index (κ3) is 2.70. The first-order valence-electron chi connectivity index (χ1n) is 3.59. The van der Waals surface area contributed by atoms with Crippen molar-refractivity contribution < 1.29 is 9.53 Å². The van der Waals surface area contributed by atoms with Gasteiger partial charge >= 0.3 is 5.97 Å². The van der Waals surface area contributed by atoms with E-state index in [4.69, 9.17) is 4.74 Å². The molecular formula is C8H9IO2. The number of esters is 1. The normalized spacial score (nSPS) is 16.1. The highest BCUT2D eigenvalue weighted by atomic mass is 127. The van der Waals surface area contributed by atoms with Gasteiger partial charge in [0.25, 0.3) is 0 Å². The molecule has 0 bridgehead atoms. The fourth-order valence-electron chi connectivity index (χ4n) is 0.896. The molecule has 1 fully saturated rings. The lowest BCUT2D eigenvalue weighted by Gasteiger charge is -2.22. The number of hydrogen-bond donors (Lipinski definition) is 0. The Hall–Kier alpha value is -0.240. The van der Waals surface area contributed by atoms with Gasteiger partial charge in [0, 0.05) is 22.6 Å². The fourth-order valence-corrected chi connectivity index (χ4v) is 1.05. The van der Waals surface area contributed by atoms with Crippen LogP contribution in [0.15, 0.2) is 0 Å². The van der Waals surface area contributed by atoms with E-state index in [9.17, 15) is 4.79 Å². The molecule has 11 heavy (non-hydrogen) atoms. The van der Waals surface area contributed by atoms with Gasteiger partial charge in [-0.15, -0.1) is 0 Å². The quantitative estimate of drug-likeness (QED) is 0.431. The molecular weight excluding hydrogens is 255 g/mol. The second kappa shape index (κ2) is 4.60. The van der Waals surface area contributed by atoms with Crippen LogP contribution in [0.1, 0.15) is 19.3 Å². The Morgan fingerprint density at radius 2 is 2.36 bits per heavy atom. The molecule has 1 aliphatic carbocycles. The van der Waals surface area contributed by atoms with Crippen molar-refractivity contribution in [1.29, 1.82) is 0 Å². The van der Waals surface area contributed by atoms with E-state index < -0.39 is 0 Å². The zero-order valence-corrected chi connectivity index (χ0v) is 8.26. The first-order valence-corrected chi connectivity index (χ1v) is 4.67. The summed E-state index contributed by atoms with van der Waals surface area (Å²) in [5, 5.41) is 0. The summed E-state index contributed by atoms with van der Waals surface area (Å²) in [4.78, 5) is 11.0. The lowest BCUT2D eigenvalue weighted by Crippen LogP contribution is -2.24. The number of ether oxygens (including phenoxy) is 1. The molecule has 1 saturated carbocycles. The van der Waals surface area contributed by atoms with Crippen LogP contribution in [0.5, 0.6) is 0 Å². The van der Waals surface area contributed by atoms with Gasteiger partial charge in [-0.2, -0.15) is 0 Å². The van der Waals surface area contributed by atoms with Crippen molar-refractivity contribution in [2.24, 2.45) is 5.92 Å². The Labute approximate surface area is 79.8 Å². The van der Waals surface area contributed by atoms with E-state index in [1.807, 2.05) is 22.6 Å². The van der Waals surface area contributed by atoms with E-state index in [1.165, 1.54) is 0 Å². The summed E-state index contributed by atoms with van der Waals surface area (Å²) in [7, 11) is 0. The predicted molar refractivity (Wildman–Crippen MR) is 50.1 cm³/mol. The fraction of sp³-hybridized carbons (Fsp3) is 0.625. The van der Waals surface area contributed by atoms with E-state index in [0.29, 0.717) is 0 Å². The summed E-state index contributed by atoms with van der Waals surface area (Å²) < 4.78 is 7.51. The minimum Gasteiger partial charge on any atom is -0.452 e. The molecule has 0 unspecified atom stereocenters. The van der Waals surface area contributed by atoms with Crippen LogP contribution in [0.3, 0.4) is 0 Å². The van der Waals surface area contributed by atoms with Gasteiger partial charge in [0.1, 0.15) is 0 Å². The molecule has 0 N–H and O–H groups in total. The average Bonchev–Trinajstić information content (AvgIpc) is 1.84. The van der Waals surface area contributed by atoms with E-state index in [-0.39, 0.29) is 18.5 Å². The van der Waals surface area contributed by atoms with Gasteiger partial charge in [0.2, 0.25) is 0 Å². The largest absolute Gasteiger partial charge is 0.452 e. The molecule has 0 atom stereocenters. The Morgan fingerprint density at radius 3 is 2.82 bits per heavy atom. The van der Waals surface area contributed by atoms with Gasteiger partial charge < -0.3 is 4.74 Å². The van der Waals surface area contributed by atoms with Crippen LogP contribution in [-0.4, -0.2) is 12.6 Å². The Balaban J connectivity index is 2.13. The van der Waals surface area contributed by atoms with Crippen LogP contribution in [0.4, 0.5) is 0 Å².